The number of carboxylic acids is 1. The summed E-state index contributed by atoms with van der Waals surface area (Å²) in [6.07, 6.45) is 2.31. The molecule has 1 aliphatic rings. The molecule has 3 rings (SSSR count). The van der Waals surface area contributed by atoms with Gasteiger partial charge < -0.3 is 14.6 Å². The second kappa shape index (κ2) is 9.42. The third kappa shape index (κ3) is 6.00. The van der Waals surface area contributed by atoms with Crippen LogP contribution < -0.4 is 9.47 Å². The first-order valence-electron chi connectivity index (χ1n) is 9.44. The van der Waals surface area contributed by atoms with E-state index in [2.05, 4.69) is 24.0 Å². The second-order valence-corrected chi connectivity index (χ2v) is 7.16. The van der Waals surface area contributed by atoms with Gasteiger partial charge in [0, 0.05) is 24.6 Å². The molecular weight excluding hydrogens is 342 g/mol. The van der Waals surface area contributed by atoms with Crippen molar-refractivity contribution in [3.63, 3.8) is 0 Å². The summed E-state index contributed by atoms with van der Waals surface area (Å²) in [6, 6.07) is 15.8. The van der Waals surface area contributed by atoms with Crippen molar-refractivity contribution in [3.05, 3.63) is 59.7 Å². The van der Waals surface area contributed by atoms with E-state index in [1.165, 1.54) is 12.0 Å². The molecule has 0 radical (unpaired) electrons. The molecule has 144 valence electrons. The Balaban J connectivity index is 1.54. The first-order valence-corrected chi connectivity index (χ1v) is 9.44. The van der Waals surface area contributed by atoms with Gasteiger partial charge in [0.2, 0.25) is 0 Å². The highest BCUT2D eigenvalue weighted by atomic mass is 16.5. The standard InChI is InChI=1S/C22H27NO4/c1-17-8-10-20(11-9-17)26-15-18-5-4-12-23(13-18)14-19-6-2-3-7-21(19)27-16-22(24)25/h2-3,6-11,18H,4-5,12-16H2,1H3,(H,24,25)/t18-/m1/s1. The Labute approximate surface area is 160 Å². The number of carboxylic acid groups (broad SMARTS) is 1. The number of benzene rings is 2. The second-order valence-electron chi connectivity index (χ2n) is 7.16. The van der Waals surface area contributed by atoms with Gasteiger partial charge in [-0.25, -0.2) is 4.79 Å². The normalized spacial score (nSPS) is 17.4. The summed E-state index contributed by atoms with van der Waals surface area (Å²) in [7, 11) is 0. The Hall–Kier alpha value is -2.53. The maximum absolute atomic E-state index is 10.8. The molecule has 1 N–H and O–H groups in total. The van der Waals surface area contributed by atoms with Crippen molar-refractivity contribution >= 4 is 5.97 Å². The lowest BCUT2D eigenvalue weighted by atomic mass is 9.98. The third-order valence-corrected chi connectivity index (χ3v) is 4.83. The summed E-state index contributed by atoms with van der Waals surface area (Å²) < 4.78 is 11.4. The van der Waals surface area contributed by atoms with E-state index in [4.69, 9.17) is 14.6 Å². The van der Waals surface area contributed by atoms with Gasteiger partial charge in [0.05, 0.1) is 6.61 Å². The molecule has 0 bridgehead atoms. The van der Waals surface area contributed by atoms with Crippen LogP contribution in [0, 0.1) is 12.8 Å². The predicted molar refractivity (Wildman–Crippen MR) is 104 cm³/mol. The summed E-state index contributed by atoms with van der Waals surface area (Å²) in [4.78, 5) is 13.2. The van der Waals surface area contributed by atoms with Crippen LogP contribution in [-0.2, 0) is 11.3 Å². The number of rotatable bonds is 8. The van der Waals surface area contributed by atoms with E-state index in [0.717, 1.165) is 44.0 Å². The van der Waals surface area contributed by atoms with Crippen LogP contribution in [0.15, 0.2) is 48.5 Å². The molecule has 27 heavy (non-hydrogen) atoms. The van der Waals surface area contributed by atoms with Gasteiger partial charge in [0.15, 0.2) is 6.61 Å². The van der Waals surface area contributed by atoms with Crippen LogP contribution >= 0.6 is 0 Å². The molecule has 0 aromatic heterocycles. The van der Waals surface area contributed by atoms with E-state index >= 15 is 0 Å². The van der Waals surface area contributed by atoms with Crippen LogP contribution in [0.4, 0.5) is 0 Å². The quantitative estimate of drug-likeness (QED) is 0.768. The van der Waals surface area contributed by atoms with Gasteiger partial charge in [-0.1, -0.05) is 35.9 Å². The number of hydrogen-bond acceptors (Lipinski definition) is 4. The van der Waals surface area contributed by atoms with Crippen molar-refractivity contribution in [2.45, 2.75) is 26.3 Å². The average molecular weight is 369 g/mol. The highest BCUT2D eigenvalue weighted by Gasteiger charge is 2.21. The highest BCUT2D eigenvalue weighted by Crippen LogP contribution is 2.24. The molecule has 1 atom stereocenters. The number of aryl methyl sites for hydroxylation is 1. The van der Waals surface area contributed by atoms with Gasteiger partial charge in [0.25, 0.3) is 0 Å². The van der Waals surface area contributed by atoms with Gasteiger partial charge in [-0.15, -0.1) is 0 Å². The van der Waals surface area contributed by atoms with Crippen molar-refractivity contribution in [2.75, 3.05) is 26.3 Å². The Kier molecular flexibility index (Phi) is 6.71. The van der Waals surface area contributed by atoms with Crippen molar-refractivity contribution < 1.29 is 19.4 Å². The SMILES string of the molecule is Cc1ccc(OC[C@@H]2CCCN(Cc3ccccc3OCC(=O)O)C2)cc1. The van der Waals surface area contributed by atoms with Crippen LogP contribution in [0.1, 0.15) is 24.0 Å². The van der Waals surface area contributed by atoms with Gasteiger partial charge in [-0.05, 0) is 44.5 Å². The number of carbonyl (C=O) groups is 1. The minimum absolute atomic E-state index is 0.315. The molecule has 0 aliphatic carbocycles. The fourth-order valence-corrected chi connectivity index (χ4v) is 3.44. The molecule has 1 fully saturated rings. The smallest absolute Gasteiger partial charge is 0.341 e. The molecule has 1 heterocycles. The summed E-state index contributed by atoms with van der Waals surface area (Å²) in [5.41, 5.74) is 2.26. The maximum atomic E-state index is 10.8. The van der Waals surface area contributed by atoms with Gasteiger partial charge in [-0.3, -0.25) is 4.90 Å². The van der Waals surface area contributed by atoms with Crippen LogP contribution in [0.25, 0.3) is 0 Å². The molecule has 5 heteroatoms. The predicted octanol–water partition coefficient (Wildman–Crippen LogP) is 3.75. The fourth-order valence-electron chi connectivity index (χ4n) is 3.44. The van der Waals surface area contributed by atoms with E-state index in [1.807, 2.05) is 36.4 Å². The Morgan fingerprint density at radius 3 is 2.70 bits per heavy atom. The van der Waals surface area contributed by atoms with E-state index in [0.29, 0.717) is 11.7 Å². The molecule has 2 aromatic carbocycles. The number of nitrogens with zero attached hydrogens (tertiary/aromatic N) is 1. The zero-order valence-electron chi connectivity index (χ0n) is 15.8. The molecule has 0 spiro atoms. The first-order chi connectivity index (χ1) is 13.1. The molecule has 5 nitrogen and oxygen atoms in total. The molecule has 0 unspecified atom stereocenters. The Morgan fingerprint density at radius 2 is 1.93 bits per heavy atom. The number of aliphatic carboxylic acids is 1. The molecular formula is C22H27NO4. The van der Waals surface area contributed by atoms with E-state index < -0.39 is 5.97 Å². The van der Waals surface area contributed by atoms with Gasteiger partial charge in [0.1, 0.15) is 11.5 Å². The summed E-state index contributed by atoms with van der Waals surface area (Å²) in [5, 5.41) is 8.84. The molecule has 1 aliphatic heterocycles. The van der Waals surface area contributed by atoms with Crippen molar-refractivity contribution in [1.29, 1.82) is 0 Å². The summed E-state index contributed by atoms with van der Waals surface area (Å²) in [6.45, 7) is 5.24. The van der Waals surface area contributed by atoms with E-state index in [9.17, 15) is 4.79 Å². The topological polar surface area (TPSA) is 59.0 Å². The van der Waals surface area contributed by atoms with E-state index in [-0.39, 0.29) is 6.61 Å². The highest BCUT2D eigenvalue weighted by molar-refractivity contribution is 5.68. The van der Waals surface area contributed by atoms with Gasteiger partial charge in [-0.2, -0.15) is 0 Å². The first kappa shape index (κ1) is 19.2. The van der Waals surface area contributed by atoms with Gasteiger partial charge >= 0.3 is 5.97 Å². The number of likely N-dealkylation sites (tertiary alicyclic amines) is 1. The molecule has 1 saturated heterocycles. The lowest BCUT2D eigenvalue weighted by Gasteiger charge is -2.33. The van der Waals surface area contributed by atoms with Crippen molar-refractivity contribution in [1.82, 2.24) is 4.90 Å². The molecule has 0 amide bonds. The van der Waals surface area contributed by atoms with Crippen LogP contribution in [-0.4, -0.2) is 42.3 Å². The lowest BCUT2D eigenvalue weighted by molar-refractivity contribution is -0.139. The number of para-hydroxylation sites is 1. The zero-order valence-corrected chi connectivity index (χ0v) is 15.8. The van der Waals surface area contributed by atoms with E-state index in [1.54, 1.807) is 0 Å². The van der Waals surface area contributed by atoms with Crippen LogP contribution in [0.2, 0.25) is 0 Å². The Morgan fingerprint density at radius 1 is 1.15 bits per heavy atom. The lowest BCUT2D eigenvalue weighted by Crippen LogP contribution is -2.37. The number of hydrogen-bond donors (Lipinski definition) is 1. The third-order valence-electron chi connectivity index (χ3n) is 4.83. The van der Waals surface area contributed by atoms with Crippen molar-refractivity contribution in [3.8, 4) is 11.5 Å². The maximum Gasteiger partial charge on any atom is 0.341 e. The average Bonchev–Trinajstić information content (AvgIpc) is 2.67. The minimum Gasteiger partial charge on any atom is -0.493 e. The molecule has 2 aromatic rings. The zero-order chi connectivity index (χ0) is 19.1. The van der Waals surface area contributed by atoms with Crippen LogP contribution in [0.3, 0.4) is 0 Å². The van der Waals surface area contributed by atoms with Crippen LogP contribution in [0.5, 0.6) is 11.5 Å². The number of piperidine rings is 1. The van der Waals surface area contributed by atoms with Crippen molar-refractivity contribution in [2.24, 2.45) is 5.92 Å². The largest absolute Gasteiger partial charge is 0.493 e. The minimum atomic E-state index is -0.962. The fraction of sp³-hybridized carbons (Fsp3) is 0.409. The monoisotopic (exact) mass is 369 g/mol. The summed E-state index contributed by atoms with van der Waals surface area (Å²) >= 11 is 0. The summed E-state index contributed by atoms with van der Waals surface area (Å²) in [5.74, 6) is 1.10. The molecule has 0 saturated carbocycles. The Bertz CT molecular complexity index is 744. The number of ether oxygens (including phenoxy) is 2.